The van der Waals surface area contributed by atoms with Gasteiger partial charge in [-0.2, -0.15) is 0 Å². The van der Waals surface area contributed by atoms with Crippen LogP contribution in [0.15, 0.2) is 18.3 Å². The van der Waals surface area contributed by atoms with Crippen molar-refractivity contribution in [2.24, 2.45) is 0 Å². The molecule has 0 bridgehead atoms. The number of aromatic amines is 1. The number of rotatable bonds is 1. The van der Waals surface area contributed by atoms with Gasteiger partial charge in [0.25, 0.3) is 0 Å². The first kappa shape index (κ1) is 8.60. The molecular formula is C10H10ClNO. The van der Waals surface area contributed by atoms with Gasteiger partial charge in [-0.05, 0) is 24.6 Å². The number of aliphatic hydroxyl groups is 1. The maximum absolute atomic E-state index is 9.09. The maximum atomic E-state index is 9.09. The molecule has 2 nitrogen and oxygen atoms in total. The SMILES string of the molecule is Cc1c[nH]c2c(CO)cc(Cl)cc12. The lowest BCUT2D eigenvalue weighted by molar-refractivity contribution is 0.283. The van der Waals surface area contributed by atoms with Crippen molar-refractivity contribution in [1.82, 2.24) is 4.98 Å². The van der Waals surface area contributed by atoms with Gasteiger partial charge in [-0.15, -0.1) is 0 Å². The lowest BCUT2D eigenvalue weighted by Crippen LogP contribution is -1.85. The molecule has 0 saturated heterocycles. The van der Waals surface area contributed by atoms with Crippen molar-refractivity contribution >= 4 is 22.5 Å². The van der Waals surface area contributed by atoms with Gasteiger partial charge in [0.1, 0.15) is 0 Å². The minimum absolute atomic E-state index is 0.0109. The number of hydrogen-bond acceptors (Lipinski definition) is 1. The van der Waals surface area contributed by atoms with Crippen molar-refractivity contribution < 1.29 is 5.11 Å². The van der Waals surface area contributed by atoms with E-state index in [0.29, 0.717) is 5.02 Å². The van der Waals surface area contributed by atoms with Crippen LogP contribution in [-0.2, 0) is 6.61 Å². The van der Waals surface area contributed by atoms with Gasteiger partial charge in [0, 0.05) is 22.2 Å². The molecule has 0 aliphatic carbocycles. The molecule has 1 aromatic heterocycles. The van der Waals surface area contributed by atoms with Gasteiger partial charge in [0.2, 0.25) is 0 Å². The van der Waals surface area contributed by atoms with Crippen LogP contribution in [-0.4, -0.2) is 10.1 Å². The number of aryl methyl sites for hydroxylation is 1. The highest BCUT2D eigenvalue weighted by Crippen LogP contribution is 2.25. The predicted octanol–water partition coefficient (Wildman–Crippen LogP) is 2.62. The number of hydrogen-bond donors (Lipinski definition) is 2. The Hall–Kier alpha value is -0.990. The monoisotopic (exact) mass is 195 g/mol. The van der Waals surface area contributed by atoms with E-state index in [2.05, 4.69) is 4.98 Å². The molecule has 2 rings (SSSR count). The van der Waals surface area contributed by atoms with Crippen molar-refractivity contribution in [2.45, 2.75) is 13.5 Å². The van der Waals surface area contributed by atoms with E-state index in [9.17, 15) is 0 Å². The standard InChI is InChI=1S/C10H10ClNO/c1-6-4-12-10-7(5-13)2-8(11)3-9(6)10/h2-4,12-13H,5H2,1H3. The molecule has 0 saturated carbocycles. The van der Waals surface area contributed by atoms with Crippen molar-refractivity contribution in [3.63, 3.8) is 0 Å². The van der Waals surface area contributed by atoms with E-state index in [-0.39, 0.29) is 6.61 Å². The Morgan fingerprint density at radius 2 is 2.23 bits per heavy atom. The summed E-state index contributed by atoms with van der Waals surface area (Å²) in [4.78, 5) is 3.12. The minimum atomic E-state index is 0.0109. The van der Waals surface area contributed by atoms with Gasteiger partial charge in [-0.1, -0.05) is 11.6 Å². The van der Waals surface area contributed by atoms with Gasteiger partial charge in [0.05, 0.1) is 12.1 Å². The smallest absolute Gasteiger partial charge is 0.0702 e. The number of benzene rings is 1. The fourth-order valence-electron chi connectivity index (χ4n) is 1.53. The Bertz CT molecular complexity index is 447. The third kappa shape index (κ3) is 1.32. The molecule has 2 N–H and O–H groups in total. The van der Waals surface area contributed by atoms with Crippen molar-refractivity contribution in [2.75, 3.05) is 0 Å². The van der Waals surface area contributed by atoms with E-state index in [4.69, 9.17) is 16.7 Å². The number of fused-ring (bicyclic) bond motifs is 1. The van der Waals surface area contributed by atoms with Gasteiger partial charge >= 0.3 is 0 Å². The van der Waals surface area contributed by atoms with Crippen molar-refractivity contribution in [3.8, 4) is 0 Å². The van der Waals surface area contributed by atoms with Gasteiger partial charge in [-0.3, -0.25) is 0 Å². The molecule has 1 aromatic carbocycles. The Morgan fingerprint density at radius 3 is 2.92 bits per heavy atom. The first-order valence-electron chi connectivity index (χ1n) is 4.09. The summed E-state index contributed by atoms with van der Waals surface area (Å²) < 4.78 is 0. The summed E-state index contributed by atoms with van der Waals surface area (Å²) in [5, 5.41) is 10.8. The second kappa shape index (κ2) is 3.05. The minimum Gasteiger partial charge on any atom is -0.392 e. The summed E-state index contributed by atoms with van der Waals surface area (Å²) in [6, 6.07) is 3.68. The first-order valence-corrected chi connectivity index (χ1v) is 4.47. The molecule has 68 valence electrons. The first-order chi connectivity index (χ1) is 6.22. The van der Waals surface area contributed by atoms with Crippen LogP contribution in [0, 0.1) is 6.92 Å². The number of aliphatic hydroxyl groups excluding tert-OH is 1. The van der Waals surface area contributed by atoms with E-state index < -0.39 is 0 Å². The lowest BCUT2D eigenvalue weighted by Gasteiger charge is -2.00. The average molecular weight is 196 g/mol. The van der Waals surface area contributed by atoms with Crippen molar-refractivity contribution in [1.29, 1.82) is 0 Å². The number of halogens is 1. The van der Waals surface area contributed by atoms with Crippen LogP contribution in [0.2, 0.25) is 5.02 Å². The van der Waals surface area contributed by atoms with E-state index in [1.807, 2.05) is 19.2 Å². The highest BCUT2D eigenvalue weighted by atomic mass is 35.5. The zero-order valence-corrected chi connectivity index (χ0v) is 8.02. The second-order valence-electron chi connectivity index (χ2n) is 3.12. The van der Waals surface area contributed by atoms with Gasteiger partial charge in [0.15, 0.2) is 0 Å². The predicted molar refractivity (Wildman–Crippen MR) is 54.0 cm³/mol. The largest absolute Gasteiger partial charge is 0.392 e. The number of aromatic nitrogens is 1. The van der Waals surface area contributed by atoms with Crippen LogP contribution in [0.4, 0.5) is 0 Å². The summed E-state index contributed by atoms with van der Waals surface area (Å²) in [6.07, 6.45) is 1.92. The summed E-state index contributed by atoms with van der Waals surface area (Å²) >= 11 is 5.91. The van der Waals surface area contributed by atoms with Crippen LogP contribution in [0.1, 0.15) is 11.1 Å². The van der Waals surface area contributed by atoms with Gasteiger partial charge < -0.3 is 10.1 Å². The fourth-order valence-corrected chi connectivity index (χ4v) is 1.77. The zero-order chi connectivity index (χ0) is 9.42. The molecule has 2 aromatic rings. The van der Waals surface area contributed by atoms with E-state index >= 15 is 0 Å². The molecule has 0 atom stereocenters. The summed E-state index contributed by atoms with van der Waals surface area (Å²) in [6.45, 7) is 2.02. The Labute approximate surface area is 81.1 Å². The average Bonchev–Trinajstić information content (AvgIpc) is 2.47. The van der Waals surface area contributed by atoms with Crippen molar-refractivity contribution in [3.05, 3.63) is 34.5 Å². The van der Waals surface area contributed by atoms with Crippen LogP contribution in [0.25, 0.3) is 10.9 Å². The third-order valence-electron chi connectivity index (χ3n) is 2.21. The molecule has 3 heteroatoms. The molecule has 1 heterocycles. The van der Waals surface area contributed by atoms with Gasteiger partial charge in [-0.25, -0.2) is 0 Å². The fraction of sp³-hybridized carbons (Fsp3) is 0.200. The molecule has 0 aliphatic heterocycles. The molecular weight excluding hydrogens is 186 g/mol. The molecule has 0 unspecified atom stereocenters. The van der Waals surface area contributed by atoms with Crippen LogP contribution < -0.4 is 0 Å². The second-order valence-corrected chi connectivity index (χ2v) is 3.55. The van der Waals surface area contributed by atoms with Crippen LogP contribution in [0.5, 0.6) is 0 Å². The van der Waals surface area contributed by atoms with E-state index in [1.54, 1.807) is 6.07 Å². The summed E-state index contributed by atoms with van der Waals surface area (Å²) in [5.41, 5.74) is 2.97. The van der Waals surface area contributed by atoms with Crippen LogP contribution in [0.3, 0.4) is 0 Å². The lowest BCUT2D eigenvalue weighted by atomic mass is 10.1. The summed E-state index contributed by atoms with van der Waals surface area (Å²) in [7, 11) is 0. The highest BCUT2D eigenvalue weighted by molar-refractivity contribution is 6.31. The Kier molecular flexibility index (Phi) is 2.02. The maximum Gasteiger partial charge on any atom is 0.0702 e. The highest BCUT2D eigenvalue weighted by Gasteiger charge is 2.05. The third-order valence-corrected chi connectivity index (χ3v) is 2.43. The zero-order valence-electron chi connectivity index (χ0n) is 7.26. The number of nitrogens with one attached hydrogen (secondary N) is 1. The van der Waals surface area contributed by atoms with Crippen LogP contribution >= 0.6 is 11.6 Å². The molecule has 0 fully saturated rings. The summed E-state index contributed by atoms with van der Waals surface area (Å²) in [5.74, 6) is 0. The number of H-pyrrole nitrogens is 1. The Morgan fingerprint density at radius 1 is 1.46 bits per heavy atom. The Balaban J connectivity index is 2.84. The topological polar surface area (TPSA) is 36.0 Å². The molecule has 0 amide bonds. The van der Waals surface area contributed by atoms with E-state index in [0.717, 1.165) is 22.0 Å². The molecule has 0 spiro atoms. The molecule has 13 heavy (non-hydrogen) atoms. The van der Waals surface area contributed by atoms with E-state index in [1.165, 1.54) is 0 Å². The normalized spacial score (nSPS) is 11.0. The quantitative estimate of drug-likeness (QED) is 0.721. The molecule has 0 aliphatic rings. The molecule has 0 radical (unpaired) electrons.